The number of nitrogens with zero attached hydrogens (tertiary/aromatic N) is 1. The molecule has 0 saturated carbocycles. The summed E-state index contributed by atoms with van der Waals surface area (Å²) in [7, 11) is 0. The molecule has 3 aromatic rings. The average molecular weight is 380 g/mol. The Morgan fingerprint density at radius 2 is 2.00 bits per heavy atom. The molecule has 0 fully saturated rings. The van der Waals surface area contributed by atoms with Gasteiger partial charge in [-0.25, -0.2) is 4.98 Å². The van der Waals surface area contributed by atoms with Gasteiger partial charge in [-0.2, -0.15) is 0 Å². The minimum absolute atomic E-state index is 0.174. The van der Waals surface area contributed by atoms with E-state index in [4.69, 9.17) is 10.7 Å². The number of hydrogen-bond acceptors (Lipinski definition) is 4. The quantitative estimate of drug-likeness (QED) is 0.636. The van der Waals surface area contributed by atoms with Crippen LogP contribution in [0.15, 0.2) is 36.4 Å². The van der Waals surface area contributed by atoms with E-state index in [2.05, 4.69) is 32.2 Å². The third kappa shape index (κ3) is 3.44. The van der Waals surface area contributed by atoms with E-state index in [9.17, 15) is 4.79 Å². The number of benzene rings is 1. The van der Waals surface area contributed by atoms with Crippen LogP contribution in [0.4, 0.5) is 11.4 Å². The van der Waals surface area contributed by atoms with Crippen LogP contribution in [0.3, 0.4) is 0 Å². The first kappa shape index (κ1) is 18.0. The number of thiophene rings is 1. The first-order valence-corrected chi connectivity index (χ1v) is 10.2. The Morgan fingerprint density at radius 1 is 1.26 bits per heavy atom. The number of para-hydroxylation sites is 1. The summed E-state index contributed by atoms with van der Waals surface area (Å²) in [4.78, 5) is 19.0. The van der Waals surface area contributed by atoms with Crippen LogP contribution >= 0.6 is 11.3 Å². The smallest absolute Gasteiger partial charge is 0.267 e. The number of carbonyl (C=O) groups excluding carboxylic acids is 1. The molecule has 4 rings (SSSR count). The van der Waals surface area contributed by atoms with E-state index in [1.807, 2.05) is 30.3 Å². The minimum Gasteiger partial charge on any atom is -0.397 e. The molecule has 0 aliphatic heterocycles. The number of nitrogen functional groups attached to an aromatic ring is 1. The van der Waals surface area contributed by atoms with E-state index >= 15 is 0 Å². The Kier molecular flexibility index (Phi) is 4.42. The highest BCUT2D eigenvalue weighted by Gasteiger charge is 2.30. The summed E-state index contributed by atoms with van der Waals surface area (Å²) in [5, 5.41) is 3.83. The first-order valence-electron chi connectivity index (χ1n) is 9.40. The Labute approximate surface area is 163 Å². The summed E-state index contributed by atoms with van der Waals surface area (Å²) in [5.41, 5.74) is 10.4. The van der Waals surface area contributed by atoms with Crippen LogP contribution in [0, 0.1) is 11.3 Å². The van der Waals surface area contributed by atoms with Crippen molar-refractivity contribution >= 4 is 38.8 Å². The van der Waals surface area contributed by atoms with Gasteiger partial charge >= 0.3 is 0 Å². The van der Waals surface area contributed by atoms with Crippen molar-refractivity contribution in [1.29, 1.82) is 0 Å². The molecular weight excluding hydrogens is 354 g/mol. The van der Waals surface area contributed by atoms with Gasteiger partial charge in [0.2, 0.25) is 0 Å². The highest BCUT2D eigenvalue weighted by atomic mass is 32.1. The number of aryl methyl sites for hydroxylation is 1. The molecule has 140 valence electrons. The molecule has 1 amide bonds. The van der Waals surface area contributed by atoms with Gasteiger partial charge in [-0.1, -0.05) is 39.0 Å². The summed E-state index contributed by atoms with van der Waals surface area (Å²) in [6.07, 6.45) is 3.19. The van der Waals surface area contributed by atoms with E-state index in [0.717, 1.165) is 35.2 Å². The van der Waals surface area contributed by atoms with Gasteiger partial charge in [0, 0.05) is 16.8 Å². The van der Waals surface area contributed by atoms with Crippen molar-refractivity contribution in [2.24, 2.45) is 11.3 Å². The molecule has 3 N–H and O–H groups in total. The topological polar surface area (TPSA) is 68.0 Å². The van der Waals surface area contributed by atoms with Crippen molar-refractivity contribution in [3.05, 3.63) is 52.5 Å². The number of carbonyl (C=O) groups is 1. The maximum atomic E-state index is 12.7. The number of anilines is 2. The van der Waals surface area contributed by atoms with Gasteiger partial charge in [-0.05, 0) is 54.4 Å². The van der Waals surface area contributed by atoms with Crippen molar-refractivity contribution in [3.63, 3.8) is 0 Å². The van der Waals surface area contributed by atoms with Crippen molar-refractivity contribution in [2.75, 3.05) is 11.1 Å². The summed E-state index contributed by atoms with van der Waals surface area (Å²) < 4.78 is 0. The Morgan fingerprint density at radius 3 is 2.70 bits per heavy atom. The minimum atomic E-state index is -0.174. The standard InChI is InChI=1S/C22H25N3OS/c1-22(2,3)14-9-10-17-13(11-14)12-16-18(23)19(27-21(16)25-17)20(26)24-15-7-5-4-6-8-15/h4-8,12,14H,9-11,23H2,1-3H3,(H,24,26). The number of fused-ring (bicyclic) bond motifs is 2. The molecule has 1 unspecified atom stereocenters. The SMILES string of the molecule is CC(C)(C)C1CCc2nc3sc(C(=O)Nc4ccccc4)c(N)c3cc2C1. The van der Waals surface area contributed by atoms with Crippen LogP contribution in [-0.2, 0) is 12.8 Å². The fourth-order valence-corrected chi connectivity index (χ4v) is 4.80. The Balaban J connectivity index is 1.67. The number of hydrogen-bond donors (Lipinski definition) is 2. The van der Waals surface area contributed by atoms with Gasteiger partial charge < -0.3 is 11.1 Å². The number of rotatable bonds is 2. The number of pyridine rings is 1. The lowest BCUT2D eigenvalue weighted by molar-refractivity contribution is 0.103. The van der Waals surface area contributed by atoms with E-state index < -0.39 is 0 Å². The fourth-order valence-electron chi connectivity index (χ4n) is 3.81. The second-order valence-corrected chi connectivity index (χ2v) is 9.42. The summed E-state index contributed by atoms with van der Waals surface area (Å²) in [6, 6.07) is 11.6. The summed E-state index contributed by atoms with van der Waals surface area (Å²) in [6.45, 7) is 6.92. The van der Waals surface area contributed by atoms with E-state index in [1.165, 1.54) is 22.6 Å². The highest BCUT2D eigenvalue weighted by molar-refractivity contribution is 7.21. The first-order chi connectivity index (χ1) is 12.8. The number of nitrogens with two attached hydrogens (primary N) is 1. The largest absolute Gasteiger partial charge is 0.397 e. The van der Waals surface area contributed by atoms with Crippen molar-refractivity contribution in [2.45, 2.75) is 40.0 Å². The number of aromatic nitrogens is 1. The summed E-state index contributed by atoms with van der Waals surface area (Å²) >= 11 is 1.38. The Bertz CT molecular complexity index is 1000. The van der Waals surface area contributed by atoms with Crippen molar-refractivity contribution < 1.29 is 4.79 Å². The lowest BCUT2D eigenvalue weighted by atomic mass is 9.71. The molecule has 0 saturated heterocycles. The third-order valence-electron chi connectivity index (χ3n) is 5.55. The molecule has 0 radical (unpaired) electrons. The average Bonchev–Trinajstić information content (AvgIpc) is 2.95. The number of nitrogens with one attached hydrogen (secondary N) is 1. The Hall–Kier alpha value is -2.40. The molecule has 4 nitrogen and oxygen atoms in total. The van der Waals surface area contributed by atoms with Crippen LogP contribution in [-0.4, -0.2) is 10.9 Å². The molecule has 5 heteroatoms. The van der Waals surface area contributed by atoms with Crippen molar-refractivity contribution in [1.82, 2.24) is 4.98 Å². The zero-order valence-corrected chi connectivity index (χ0v) is 16.8. The van der Waals surface area contributed by atoms with Gasteiger partial charge in [0.25, 0.3) is 5.91 Å². The summed E-state index contributed by atoms with van der Waals surface area (Å²) in [5.74, 6) is 0.470. The van der Waals surface area contributed by atoms with E-state index in [0.29, 0.717) is 16.5 Å². The van der Waals surface area contributed by atoms with Gasteiger partial charge in [-0.15, -0.1) is 11.3 Å². The highest BCUT2D eigenvalue weighted by Crippen LogP contribution is 2.40. The zero-order valence-electron chi connectivity index (χ0n) is 16.0. The van der Waals surface area contributed by atoms with E-state index in [1.54, 1.807) is 0 Å². The van der Waals surface area contributed by atoms with Gasteiger partial charge in [0.15, 0.2) is 0 Å². The molecule has 0 spiro atoms. The second-order valence-electron chi connectivity index (χ2n) is 8.42. The van der Waals surface area contributed by atoms with E-state index in [-0.39, 0.29) is 11.3 Å². The maximum absolute atomic E-state index is 12.7. The molecular formula is C22H25N3OS. The lowest BCUT2D eigenvalue weighted by Gasteiger charge is -2.34. The second kappa shape index (κ2) is 6.64. The molecule has 1 aliphatic rings. The normalized spacial score (nSPS) is 16.9. The molecule has 2 aromatic heterocycles. The van der Waals surface area contributed by atoms with Crippen molar-refractivity contribution in [3.8, 4) is 0 Å². The molecule has 1 aliphatic carbocycles. The van der Waals surface area contributed by atoms with Crippen LogP contribution < -0.4 is 11.1 Å². The van der Waals surface area contributed by atoms with Crippen LogP contribution in [0.5, 0.6) is 0 Å². The molecule has 27 heavy (non-hydrogen) atoms. The monoisotopic (exact) mass is 379 g/mol. The van der Waals surface area contributed by atoms with Gasteiger partial charge in [-0.3, -0.25) is 4.79 Å². The predicted molar refractivity (Wildman–Crippen MR) is 113 cm³/mol. The van der Waals surface area contributed by atoms with Gasteiger partial charge in [0.05, 0.1) is 5.69 Å². The molecule has 0 bridgehead atoms. The molecule has 1 atom stereocenters. The third-order valence-corrected chi connectivity index (χ3v) is 6.66. The molecule has 1 aromatic carbocycles. The van der Waals surface area contributed by atoms with Gasteiger partial charge in [0.1, 0.15) is 9.71 Å². The van der Waals surface area contributed by atoms with Crippen LogP contribution in [0.25, 0.3) is 10.2 Å². The zero-order chi connectivity index (χ0) is 19.2. The van der Waals surface area contributed by atoms with Crippen LogP contribution in [0.1, 0.15) is 48.1 Å². The van der Waals surface area contributed by atoms with Crippen LogP contribution in [0.2, 0.25) is 0 Å². The maximum Gasteiger partial charge on any atom is 0.267 e. The fraction of sp³-hybridized carbons (Fsp3) is 0.364. The predicted octanol–water partition coefficient (Wildman–Crippen LogP) is 5.28. The number of amides is 1. The molecule has 2 heterocycles. The lowest BCUT2D eigenvalue weighted by Crippen LogP contribution is -2.27.